The van der Waals surface area contributed by atoms with E-state index in [1.165, 1.54) is 38.3 Å². The van der Waals surface area contributed by atoms with Crippen molar-refractivity contribution < 1.29 is 0 Å². The number of benzene rings is 10. The lowest BCUT2D eigenvalue weighted by Crippen LogP contribution is -2.04. The highest BCUT2D eigenvalue weighted by molar-refractivity contribution is 6.22. The number of nitrogens with zero attached hydrogens (tertiary/aromatic N) is 5. The second-order valence-electron chi connectivity index (χ2n) is 17.2. The van der Waals surface area contributed by atoms with Gasteiger partial charge in [0.1, 0.15) is 0 Å². The van der Waals surface area contributed by atoms with Gasteiger partial charge < -0.3 is 9.13 Å². The Labute approximate surface area is 393 Å². The molecule has 5 heteroatoms. The number of rotatable bonds is 8. The molecule has 0 spiro atoms. The first-order valence-electron chi connectivity index (χ1n) is 23.0. The van der Waals surface area contributed by atoms with E-state index in [1.807, 2.05) is 24.3 Å². The third-order valence-electron chi connectivity index (χ3n) is 13.2. The van der Waals surface area contributed by atoms with Gasteiger partial charge in [-0.15, -0.1) is 0 Å². The lowest BCUT2D eigenvalue weighted by atomic mass is 9.95. The van der Waals surface area contributed by atoms with Crippen molar-refractivity contribution in [2.45, 2.75) is 0 Å². The van der Waals surface area contributed by atoms with Crippen molar-refractivity contribution in [3.05, 3.63) is 249 Å². The average Bonchev–Trinajstić information content (AvgIpc) is 3.95. The molecule has 0 amide bonds. The van der Waals surface area contributed by atoms with Crippen molar-refractivity contribution in [3.8, 4) is 78.9 Å². The van der Waals surface area contributed by atoms with Crippen LogP contribution in [-0.2, 0) is 0 Å². The van der Waals surface area contributed by atoms with Crippen LogP contribution in [0, 0.1) is 0 Å². The predicted octanol–water partition coefficient (Wildman–Crippen LogP) is 16.1. The molecule has 0 saturated carbocycles. The summed E-state index contributed by atoms with van der Waals surface area (Å²) in [6.45, 7) is 0. The Morgan fingerprint density at radius 3 is 1.24 bits per heavy atom. The van der Waals surface area contributed by atoms with Crippen LogP contribution in [0.15, 0.2) is 249 Å². The van der Waals surface area contributed by atoms with E-state index in [0.717, 1.165) is 66.7 Å². The van der Waals surface area contributed by atoms with Gasteiger partial charge in [0.2, 0.25) is 0 Å². The van der Waals surface area contributed by atoms with Crippen LogP contribution >= 0.6 is 0 Å². The number of hydrogen-bond acceptors (Lipinski definition) is 3. The Bertz CT molecular complexity index is 3990. The summed E-state index contributed by atoms with van der Waals surface area (Å²) in [4.78, 5) is 15.8. The lowest BCUT2D eigenvalue weighted by molar-refractivity contribution is 1.06. The van der Waals surface area contributed by atoms with Crippen LogP contribution in [0.25, 0.3) is 123 Å². The standard InChI is InChI=1S/C63H41N5/c1-5-19-42(20-6-1)44-35-37-46(38-36-44)62-64-61(45-23-9-3-10-24-45)65-63(66-62)53-40-39-47(43-21-7-2-8-22-43)41-58(53)68-55-32-16-14-28-52(55)60-50(30-18-34-57(60)68)49-29-17-33-56-59(49)51-27-13-15-31-54(51)67(56)48-25-11-4-12-26-48/h1-41H. The molecular weight excluding hydrogens is 827 g/mol. The third-order valence-corrected chi connectivity index (χ3v) is 13.2. The molecular formula is C63H41N5. The molecule has 3 heterocycles. The second-order valence-corrected chi connectivity index (χ2v) is 17.2. The predicted molar refractivity (Wildman–Crippen MR) is 281 cm³/mol. The van der Waals surface area contributed by atoms with E-state index in [2.05, 4.69) is 234 Å². The van der Waals surface area contributed by atoms with Crippen molar-refractivity contribution >= 4 is 43.6 Å². The molecule has 0 saturated heterocycles. The van der Waals surface area contributed by atoms with E-state index in [9.17, 15) is 0 Å². The van der Waals surface area contributed by atoms with Crippen LogP contribution in [0.4, 0.5) is 0 Å². The zero-order valence-electron chi connectivity index (χ0n) is 36.9. The molecule has 0 aliphatic heterocycles. The fourth-order valence-corrected chi connectivity index (χ4v) is 10.1. The van der Waals surface area contributed by atoms with Gasteiger partial charge in [0, 0.05) is 43.9 Å². The van der Waals surface area contributed by atoms with Crippen LogP contribution in [0.2, 0.25) is 0 Å². The van der Waals surface area contributed by atoms with Crippen LogP contribution in [0.3, 0.4) is 0 Å². The quantitative estimate of drug-likeness (QED) is 0.153. The van der Waals surface area contributed by atoms with Crippen LogP contribution in [0.5, 0.6) is 0 Å². The maximum absolute atomic E-state index is 5.35. The molecule has 0 aliphatic rings. The van der Waals surface area contributed by atoms with E-state index in [0.29, 0.717) is 17.5 Å². The molecule has 0 atom stereocenters. The molecule has 3 aromatic heterocycles. The van der Waals surface area contributed by atoms with Crippen LogP contribution in [-0.4, -0.2) is 24.1 Å². The summed E-state index contributed by atoms with van der Waals surface area (Å²) < 4.78 is 4.81. The molecule has 0 bridgehead atoms. The molecule has 5 nitrogen and oxygen atoms in total. The Morgan fingerprint density at radius 1 is 0.250 bits per heavy atom. The number of fused-ring (bicyclic) bond motifs is 6. The minimum absolute atomic E-state index is 0.594. The minimum Gasteiger partial charge on any atom is -0.309 e. The highest BCUT2D eigenvalue weighted by atomic mass is 15.1. The summed E-state index contributed by atoms with van der Waals surface area (Å²) in [5.41, 5.74) is 16.3. The first-order valence-corrected chi connectivity index (χ1v) is 23.0. The summed E-state index contributed by atoms with van der Waals surface area (Å²) in [7, 11) is 0. The molecule has 0 fully saturated rings. The SMILES string of the molecule is c1ccc(-c2ccc(-c3nc(-c4ccccc4)nc(-c4ccc(-c5ccccc5)cc4-n4c5ccccc5c5c(-c6cccc7c6c6ccccc6n7-c6ccccc6)cccc54)n3)cc2)cc1. The van der Waals surface area contributed by atoms with Gasteiger partial charge in [0.05, 0.1) is 27.8 Å². The first kappa shape index (κ1) is 39.2. The fraction of sp³-hybridized carbons (Fsp3) is 0. The number of hydrogen-bond donors (Lipinski definition) is 0. The first-order chi connectivity index (χ1) is 33.7. The van der Waals surface area contributed by atoms with Gasteiger partial charge in [-0.3, -0.25) is 0 Å². The third kappa shape index (κ3) is 6.59. The van der Waals surface area contributed by atoms with Crippen LogP contribution in [0.1, 0.15) is 0 Å². The van der Waals surface area contributed by atoms with Gasteiger partial charge in [-0.2, -0.15) is 0 Å². The lowest BCUT2D eigenvalue weighted by Gasteiger charge is -2.17. The summed E-state index contributed by atoms with van der Waals surface area (Å²) in [5.74, 6) is 1.82. The van der Waals surface area contributed by atoms with E-state index < -0.39 is 0 Å². The maximum atomic E-state index is 5.35. The Kier molecular flexibility index (Phi) is 9.43. The van der Waals surface area contributed by atoms with Gasteiger partial charge in [0.25, 0.3) is 0 Å². The summed E-state index contributed by atoms with van der Waals surface area (Å²) in [5, 5.41) is 4.79. The molecule has 0 aliphatic carbocycles. The highest BCUT2D eigenvalue weighted by Crippen LogP contribution is 2.45. The molecule has 0 unspecified atom stereocenters. The monoisotopic (exact) mass is 867 g/mol. The van der Waals surface area contributed by atoms with Gasteiger partial charge in [0.15, 0.2) is 17.5 Å². The molecule has 68 heavy (non-hydrogen) atoms. The molecule has 13 aromatic rings. The Morgan fingerprint density at radius 2 is 0.647 bits per heavy atom. The average molecular weight is 868 g/mol. The van der Waals surface area contributed by atoms with E-state index in [4.69, 9.17) is 15.0 Å². The van der Waals surface area contributed by atoms with Gasteiger partial charge in [-0.05, 0) is 81.9 Å². The summed E-state index contributed by atoms with van der Waals surface area (Å²) >= 11 is 0. The Hall–Kier alpha value is -9.19. The summed E-state index contributed by atoms with van der Waals surface area (Å²) in [6, 6.07) is 88.2. The van der Waals surface area contributed by atoms with Crippen molar-refractivity contribution in [2.75, 3.05) is 0 Å². The largest absolute Gasteiger partial charge is 0.309 e. The van der Waals surface area contributed by atoms with Gasteiger partial charge >= 0.3 is 0 Å². The number of aromatic nitrogens is 5. The van der Waals surface area contributed by atoms with Crippen molar-refractivity contribution in [2.24, 2.45) is 0 Å². The van der Waals surface area contributed by atoms with Crippen LogP contribution < -0.4 is 0 Å². The molecule has 0 N–H and O–H groups in total. The highest BCUT2D eigenvalue weighted by Gasteiger charge is 2.24. The van der Waals surface area contributed by atoms with E-state index in [-0.39, 0.29) is 0 Å². The molecule has 13 rings (SSSR count). The van der Waals surface area contributed by atoms with Gasteiger partial charge in [-0.25, -0.2) is 15.0 Å². The van der Waals surface area contributed by atoms with Crippen molar-refractivity contribution in [3.63, 3.8) is 0 Å². The number of para-hydroxylation sites is 3. The minimum atomic E-state index is 0.594. The zero-order valence-corrected chi connectivity index (χ0v) is 36.9. The zero-order chi connectivity index (χ0) is 45.0. The van der Waals surface area contributed by atoms with Gasteiger partial charge in [-0.1, -0.05) is 200 Å². The maximum Gasteiger partial charge on any atom is 0.166 e. The smallest absolute Gasteiger partial charge is 0.166 e. The van der Waals surface area contributed by atoms with E-state index in [1.54, 1.807) is 0 Å². The summed E-state index contributed by atoms with van der Waals surface area (Å²) in [6.07, 6.45) is 0. The molecule has 10 aromatic carbocycles. The normalized spacial score (nSPS) is 11.5. The topological polar surface area (TPSA) is 48.5 Å². The second kappa shape index (κ2) is 16.4. The van der Waals surface area contributed by atoms with Crippen molar-refractivity contribution in [1.82, 2.24) is 24.1 Å². The Balaban J connectivity index is 1.07. The molecule has 0 radical (unpaired) electrons. The molecule has 318 valence electrons. The van der Waals surface area contributed by atoms with Crippen molar-refractivity contribution in [1.29, 1.82) is 0 Å². The van der Waals surface area contributed by atoms with E-state index >= 15 is 0 Å². The fourth-order valence-electron chi connectivity index (χ4n) is 10.1.